The number of nitrogens with one attached hydrogen (secondary N) is 1. The fraction of sp³-hybridized carbons (Fsp3) is 0.333. The van der Waals surface area contributed by atoms with Gasteiger partial charge >= 0.3 is 12.0 Å². The van der Waals surface area contributed by atoms with Crippen molar-refractivity contribution >= 4 is 28.9 Å². The number of ether oxygens (including phenoxy) is 1. The van der Waals surface area contributed by atoms with Gasteiger partial charge in [-0.2, -0.15) is 0 Å². The number of urea groups is 1. The Morgan fingerprint density at radius 1 is 1.30 bits per heavy atom. The van der Waals surface area contributed by atoms with E-state index >= 15 is 0 Å². The van der Waals surface area contributed by atoms with E-state index in [4.69, 9.17) is 15.0 Å². The SMILES string of the molecule is CC(C)[C@H](OC(=O)Cc1noc2ccccc12)C(=O)NC(N)=O. The molecule has 0 unspecified atom stereocenters. The summed E-state index contributed by atoms with van der Waals surface area (Å²) in [5.74, 6) is -1.74. The molecule has 0 spiro atoms. The van der Waals surface area contributed by atoms with Gasteiger partial charge in [0.25, 0.3) is 5.91 Å². The van der Waals surface area contributed by atoms with Crippen molar-refractivity contribution in [2.45, 2.75) is 26.4 Å². The van der Waals surface area contributed by atoms with Crippen LogP contribution in [0.25, 0.3) is 11.0 Å². The third kappa shape index (κ3) is 4.06. The Bertz CT molecular complexity index is 738. The first-order chi connectivity index (χ1) is 10.9. The quantitative estimate of drug-likeness (QED) is 0.796. The molecule has 0 saturated heterocycles. The smallest absolute Gasteiger partial charge is 0.318 e. The second kappa shape index (κ2) is 6.91. The molecule has 0 saturated carbocycles. The Balaban J connectivity index is 2.07. The minimum Gasteiger partial charge on any atom is -0.452 e. The summed E-state index contributed by atoms with van der Waals surface area (Å²) >= 11 is 0. The van der Waals surface area contributed by atoms with Crippen LogP contribution in [0.15, 0.2) is 28.8 Å². The molecule has 0 aliphatic rings. The number of fused-ring (bicyclic) bond motifs is 1. The first kappa shape index (κ1) is 16.5. The van der Waals surface area contributed by atoms with Crippen molar-refractivity contribution in [1.29, 1.82) is 0 Å². The average Bonchev–Trinajstić information content (AvgIpc) is 2.87. The summed E-state index contributed by atoms with van der Waals surface area (Å²) in [5.41, 5.74) is 5.88. The van der Waals surface area contributed by atoms with Crippen LogP contribution >= 0.6 is 0 Å². The molecule has 8 heteroatoms. The Kier molecular flexibility index (Phi) is 4.95. The van der Waals surface area contributed by atoms with Crippen molar-refractivity contribution in [3.05, 3.63) is 30.0 Å². The normalized spacial score (nSPS) is 12.1. The summed E-state index contributed by atoms with van der Waals surface area (Å²) in [6.45, 7) is 3.37. The van der Waals surface area contributed by atoms with Crippen molar-refractivity contribution in [2.75, 3.05) is 0 Å². The molecule has 8 nitrogen and oxygen atoms in total. The van der Waals surface area contributed by atoms with Gasteiger partial charge in [-0.15, -0.1) is 0 Å². The minimum absolute atomic E-state index is 0.149. The number of aromatic nitrogens is 1. The fourth-order valence-electron chi connectivity index (χ4n) is 2.07. The molecule has 3 amide bonds. The first-order valence-electron chi connectivity index (χ1n) is 7.01. The third-order valence-electron chi connectivity index (χ3n) is 3.13. The Morgan fingerprint density at radius 3 is 2.65 bits per heavy atom. The number of para-hydroxylation sites is 1. The maximum Gasteiger partial charge on any atom is 0.318 e. The largest absolute Gasteiger partial charge is 0.452 e. The van der Waals surface area contributed by atoms with Crippen molar-refractivity contribution in [3.63, 3.8) is 0 Å². The lowest BCUT2D eigenvalue weighted by Gasteiger charge is -2.19. The number of amides is 3. The van der Waals surface area contributed by atoms with Gasteiger partial charge in [0.2, 0.25) is 0 Å². The molecule has 1 heterocycles. The van der Waals surface area contributed by atoms with Crippen LogP contribution < -0.4 is 11.1 Å². The van der Waals surface area contributed by atoms with Gasteiger partial charge in [0.05, 0.1) is 6.42 Å². The number of benzene rings is 1. The summed E-state index contributed by atoms with van der Waals surface area (Å²) < 4.78 is 10.3. The second-order valence-corrected chi connectivity index (χ2v) is 5.31. The van der Waals surface area contributed by atoms with E-state index in [1.165, 1.54) is 0 Å². The lowest BCUT2D eigenvalue weighted by Crippen LogP contribution is -2.45. The number of hydrogen-bond acceptors (Lipinski definition) is 6. The summed E-state index contributed by atoms with van der Waals surface area (Å²) in [6.07, 6.45) is -1.27. The summed E-state index contributed by atoms with van der Waals surface area (Å²) in [5, 5.41) is 6.44. The molecule has 0 aliphatic carbocycles. The first-order valence-corrected chi connectivity index (χ1v) is 7.01. The molecular weight excluding hydrogens is 302 g/mol. The molecule has 0 aliphatic heterocycles. The van der Waals surface area contributed by atoms with E-state index in [9.17, 15) is 14.4 Å². The van der Waals surface area contributed by atoms with Gasteiger partial charge in [-0.3, -0.25) is 14.9 Å². The van der Waals surface area contributed by atoms with Crippen LogP contribution in [0.1, 0.15) is 19.5 Å². The van der Waals surface area contributed by atoms with E-state index < -0.39 is 24.0 Å². The zero-order valence-corrected chi connectivity index (χ0v) is 12.7. The molecular formula is C15H17N3O5. The summed E-state index contributed by atoms with van der Waals surface area (Å²) in [6, 6.07) is 6.09. The summed E-state index contributed by atoms with van der Waals surface area (Å²) in [4.78, 5) is 34.6. The van der Waals surface area contributed by atoms with Crippen LogP contribution in [0.2, 0.25) is 0 Å². The average molecular weight is 319 g/mol. The van der Waals surface area contributed by atoms with Crippen LogP contribution in [0, 0.1) is 5.92 Å². The number of primary amides is 1. The standard InChI is InChI=1S/C15H17N3O5/c1-8(2)13(14(20)17-15(16)21)22-12(19)7-10-9-5-3-4-6-11(9)23-18-10/h3-6,8,13H,7H2,1-2H3,(H3,16,17,20,21)/t13-/m0/s1. The minimum atomic E-state index is -1.12. The van der Waals surface area contributed by atoms with E-state index in [0.717, 1.165) is 0 Å². The van der Waals surface area contributed by atoms with E-state index in [1.807, 2.05) is 5.32 Å². The summed E-state index contributed by atoms with van der Waals surface area (Å²) in [7, 11) is 0. The van der Waals surface area contributed by atoms with Crippen LogP contribution in [0.3, 0.4) is 0 Å². The van der Waals surface area contributed by atoms with E-state index in [0.29, 0.717) is 16.7 Å². The third-order valence-corrected chi connectivity index (χ3v) is 3.13. The van der Waals surface area contributed by atoms with Crippen molar-refractivity contribution < 1.29 is 23.6 Å². The van der Waals surface area contributed by atoms with Gasteiger partial charge in [0.15, 0.2) is 11.7 Å². The molecule has 3 N–H and O–H groups in total. The number of rotatable bonds is 5. The molecule has 1 aromatic heterocycles. The van der Waals surface area contributed by atoms with Gasteiger partial charge in [-0.25, -0.2) is 4.79 Å². The molecule has 2 aromatic rings. The maximum atomic E-state index is 12.1. The van der Waals surface area contributed by atoms with Gasteiger partial charge in [0, 0.05) is 5.39 Å². The molecule has 0 fully saturated rings. The highest BCUT2D eigenvalue weighted by Crippen LogP contribution is 2.19. The Hall–Kier alpha value is -2.90. The van der Waals surface area contributed by atoms with E-state index in [-0.39, 0.29) is 12.3 Å². The van der Waals surface area contributed by atoms with Gasteiger partial charge in [-0.05, 0) is 18.1 Å². The van der Waals surface area contributed by atoms with Gasteiger partial charge in [-0.1, -0.05) is 31.1 Å². The molecule has 1 atom stereocenters. The zero-order valence-electron chi connectivity index (χ0n) is 12.7. The van der Waals surface area contributed by atoms with Crippen LogP contribution in [-0.4, -0.2) is 29.2 Å². The van der Waals surface area contributed by atoms with Crippen LogP contribution in [0.4, 0.5) is 4.79 Å². The van der Waals surface area contributed by atoms with Crippen LogP contribution in [-0.2, 0) is 20.7 Å². The number of imide groups is 1. The highest BCUT2D eigenvalue weighted by Gasteiger charge is 2.28. The molecule has 23 heavy (non-hydrogen) atoms. The Labute approximate surface area is 131 Å². The maximum absolute atomic E-state index is 12.1. The number of esters is 1. The topological polar surface area (TPSA) is 125 Å². The molecule has 0 radical (unpaired) electrons. The number of nitrogens with zero attached hydrogens (tertiary/aromatic N) is 1. The van der Waals surface area contributed by atoms with E-state index in [2.05, 4.69) is 5.16 Å². The van der Waals surface area contributed by atoms with E-state index in [1.54, 1.807) is 38.1 Å². The molecule has 2 rings (SSSR count). The fourth-order valence-corrected chi connectivity index (χ4v) is 2.07. The van der Waals surface area contributed by atoms with Gasteiger partial charge in [0.1, 0.15) is 5.69 Å². The lowest BCUT2D eigenvalue weighted by atomic mass is 10.1. The number of carbonyl (C=O) groups excluding carboxylic acids is 3. The molecule has 122 valence electrons. The Morgan fingerprint density at radius 2 is 2.00 bits per heavy atom. The van der Waals surface area contributed by atoms with Crippen LogP contribution in [0.5, 0.6) is 0 Å². The predicted molar refractivity (Wildman–Crippen MR) is 80.2 cm³/mol. The highest BCUT2D eigenvalue weighted by atomic mass is 16.5. The van der Waals surface area contributed by atoms with Crippen molar-refractivity contribution in [1.82, 2.24) is 10.5 Å². The predicted octanol–water partition coefficient (Wildman–Crippen LogP) is 1.13. The second-order valence-electron chi connectivity index (χ2n) is 5.31. The highest BCUT2D eigenvalue weighted by molar-refractivity contribution is 5.97. The van der Waals surface area contributed by atoms with Gasteiger partial charge < -0.3 is 15.0 Å². The van der Waals surface area contributed by atoms with Crippen molar-refractivity contribution in [2.24, 2.45) is 11.7 Å². The number of hydrogen-bond donors (Lipinski definition) is 2. The van der Waals surface area contributed by atoms with Crippen molar-refractivity contribution in [3.8, 4) is 0 Å². The lowest BCUT2D eigenvalue weighted by molar-refractivity contribution is -0.157. The number of nitrogens with two attached hydrogens (primary N) is 1. The monoisotopic (exact) mass is 319 g/mol. The molecule has 0 bridgehead atoms. The number of carbonyl (C=O) groups is 3. The zero-order chi connectivity index (χ0) is 17.0. The molecule has 1 aromatic carbocycles.